The molecule has 0 aliphatic rings. The monoisotopic (exact) mass is 152 g/mol. The number of halogens is 1. The molecule has 1 aromatic carbocycles. The molecule has 0 aliphatic carbocycles. The fourth-order valence-electron chi connectivity index (χ4n) is 0.924. The lowest BCUT2D eigenvalue weighted by Crippen LogP contribution is -1.89. The van der Waals surface area contributed by atoms with E-state index < -0.39 is 0 Å². The maximum absolute atomic E-state index is 12.9. The fraction of sp³-hybridized carbons (Fsp3) is 0.222. The van der Waals surface area contributed by atoms with E-state index in [1.807, 2.05) is 6.92 Å². The number of aryl methyl sites for hydroxylation is 1. The molecular weight excluding hydrogens is 143 g/mol. The van der Waals surface area contributed by atoms with E-state index in [0.29, 0.717) is 23.8 Å². The molecule has 0 radical (unpaired) electrons. The van der Waals surface area contributed by atoms with Gasteiger partial charge in [-0.2, -0.15) is 0 Å². The van der Waals surface area contributed by atoms with Crippen molar-refractivity contribution in [2.45, 2.75) is 13.3 Å². The first kappa shape index (κ1) is 7.92. The smallest absolute Gasteiger partial charge is 0.150 e. The maximum Gasteiger partial charge on any atom is 0.150 e. The zero-order chi connectivity index (χ0) is 8.27. The van der Waals surface area contributed by atoms with Crippen LogP contribution >= 0.6 is 0 Å². The summed E-state index contributed by atoms with van der Waals surface area (Å²) in [5.41, 5.74) is 1.04. The molecule has 2 heteroatoms. The molecule has 0 unspecified atom stereocenters. The Morgan fingerprint density at radius 3 is 2.73 bits per heavy atom. The van der Waals surface area contributed by atoms with Crippen LogP contribution in [0, 0.1) is 5.82 Å². The van der Waals surface area contributed by atoms with Crippen molar-refractivity contribution in [2.75, 3.05) is 0 Å². The molecule has 0 bridgehead atoms. The fourth-order valence-corrected chi connectivity index (χ4v) is 0.924. The van der Waals surface area contributed by atoms with Gasteiger partial charge in [0.05, 0.1) is 0 Å². The van der Waals surface area contributed by atoms with Crippen LogP contribution in [0.15, 0.2) is 18.2 Å². The van der Waals surface area contributed by atoms with Gasteiger partial charge in [-0.1, -0.05) is 19.1 Å². The summed E-state index contributed by atoms with van der Waals surface area (Å²) in [4.78, 5) is 10.2. The van der Waals surface area contributed by atoms with Crippen LogP contribution in [0.4, 0.5) is 4.39 Å². The first-order valence-corrected chi connectivity index (χ1v) is 3.51. The van der Waals surface area contributed by atoms with E-state index in [1.165, 1.54) is 6.07 Å². The Kier molecular flexibility index (Phi) is 2.36. The summed E-state index contributed by atoms with van der Waals surface area (Å²) in [6.07, 6.45) is 1.30. The van der Waals surface area contributed by atoms with Crippen LogP contribution in [0.5, 0.6) is 0 Å². The quantitative estimate of drug-likeness (QED) is 0.594. The van der Waals surface area contributed by atoms with Crippen molar-refractivity contribution < 1.29 is 9.18 Å². The van der Waals surface area contributed by atoms with Crippen molar-refractivity contribution in [2.24, 2.45) is 0 Å². The van der Waals surface area contributed by atoms with Crippen LogP contribution in [0.1, 0.15) is 22.8 Å². The van der Waals surface area contributed by atoms with E-state index in [-0.39, 0.29) is 5.82 Å². The Hall–Kier alpha value is -1.18. The first-order valence-electron chi connectivity index (χ1n) is 3.51. The number of carbonyl (C=O) groups excluding carboxylic acids is 1. The van der Waals surface area contributed by atoms with Gasteiger partial charge in [0.2, 0.25) is 0 Å². The Balaban J connectivity index is 3.09. The van der Waals surface area contributed by atoms with E-state index in [2.05, 4.69) is 0 Å². The van der Waals surface area contributed by atoms with Crippen LogP contribution in [0.2, 0.25) is 0 Å². The van der Waals surface area contributed by atoms with Gasteiger partial charge in [-0.3, -0.25) is 4.79 Å². The number of hydrogen-bond donors (Lipinski definition) is 0. The van der Waals surface area contributed by atoms with E-state index in [4.69, 9.17) is 0 Å². The van der Waals surface area contributed by atoms with E-state index in [9.17, 15) is 9.18 Å². The molecule has 0 heterocycles. The largest absolute Gasteiger partial charge is 0.298 e. The number of rotatable bonds is 2. The van der Waals surface area contributed by atoms with Crippen molar-refractivity contribution in [3.63, 3.8) is 0 Å². The number of aldehydes is 1. The van der Waals surface area contributed by atoms with Crippen molar-refractivity contribution in [1.29, 1.82) is 0 Å². The molecule has 0 aromatic heterocycles. The number of hydrogen-bond acceptors (Lipinski definition) is 1. The van der Waals surface area contributed by atoms with E-state index >= 15 is 0 Å². The predicted octanol–water partition coefficient (Wildman–Crippen LogP) is 2.20. The molecule has 11 heavy (non-hydrogen) atoms. The maximum atomic E-state index is 12.9. The highest BCUT2D eigenvalue weighted by molar-refractivity contribution is 5.74. The summed E-state index contributed by atoms with van der Waals surface area (Å²) in [6, 6.07) is 4.51. The van der Waals surface area contributed by atoms with Crippen LogP contribution in [-0.2, 0) is 6.42 Å². The summed E-state index contributed by atoms with van der Waals surface area (Å²) >= 11 is 0. The molecule has 0 atom stereocenters. The minimum Gasteiger partial charge on any atom is -0.298 e. The standard InChI is InChI=1S/C9H9FO/c1-2-8-4-3-7(6-11)5-9(8)10/h3-6H,2H2,1H3. The van der Waals surface area contributed by atoms with E-state index in [1.54, 1.807) is 12.1 Å². The number of benzene rings is 1. The van der Waals surface area contributed by atoms with Gasteiger partial charge < -0.3 is 0 Å². The van der Waals surface area contributed by atoms with Gasteiger partial charge in [-0.15, -0.1) is 0 Å². The van der Waals surface area contributed by atoms with Gasteiger partial charge in [-0.25, -0.2) is 4.39 Å². The Morgan fingerprint density at radius 1 is 1.55 bits per heavy atom. The topological polar surface area (TPSA) is 17.1 Å². The van der Waals surface area contributed by atoms with E-state index in [0.717, 1.165) is 0 Å². The van der Waals surface area contributed by atoms with Crippen molar-refractivity contribution in [1.82, 2.24) is 0 Å². The molecular formula is C9H9FO. The summed E-state index contributed by atoms with van der Waals surface area (Å²) < 4.78 is 12.9. The molecule has 0 saturated heterocycles. The number of carbonyl (C=O) groups is 1. The molecule has 1 rings (SSSR count). The van der Waals surface area contributed by atoms with Gasteiger partial charge in [-0.05, 0) is 18.1 Å². The molecule has 0 spiro atoms. The normalized spacial score (nSPS) is 9.64. The van der Waals surface area contributed by atoms with Gasteiger partial charge in [0.25, 0.3) is 0 Å². The van der Waals surface area contributed by atoms with Crippen LogP contribution in [0.25, 0.3) is 0 Å². The van der Waals surface area contributed by atoms with Crippen LogP contribution in [-0.4, -0.2) is 6.29 Å². The predicted molar refractivity (Wildman–Crippen MR) is 41.2 cm³/mol. The minimum atomic E-state index is -0.294. The summed E-state index contributed by atoms with van der Waals surface area (Å²) in [6.45, 7) is 1.87. The molecule has 0 aliphatic heterocycles. The first-order chi connectivity index (χ1) is 5.27. The molecule has 0 amide bonds. The summed E-state index contributed by atoms with van der Waals surface area (Å²) in [5.74, 6) is -0.294. The second-order valence-corrected chi connectivity index (χ2v) is 2.32. The van der Waals surface area contributed by atoms with Crippen molar-refractivity contribution >= 4 is 6.29 Å². The van der Waals surface area contributed by atoms with Crippen molar-refractivity contribution in [3.05, 3.63) is 35.1 Å². The molecule has 0 N–H and O–H groups in total. The Labute approximate surface area is 64.9 Å². The average Bonchev–Trinajstić information content (AvgIpc) is 2.04. The van der Waals surface area contributed by atoms with Crippen LogP contribution < -0.4 is 0 Å². The molecule has 0 saturated carbocycles. The Bertz CT molecular complexity index is 268. The molecule has 0 fully saturated rings. The molecule has 1 nitrogen and oxygen atoms in total. The zero-order valence-corrected chi connectivity index (χ0v) is 6.30. The van der Waals surface area contributed by atoms with Gasteiger partial charge >= 0.3 is 0 Å². The second kappa shape index (κ2) is 3.28. The second-order valence-electron chi connectivity index (χ2n) is 2.32. The highest BCUT2D eigenvalue weighted by atomic mass is 19.1. The molecule has 1 aromatic rings. The summed E-state index contributed by atoms with van der Waals surface area (Å²) in [7, 11) is 0. The van der Waals surface area contributed by atoms with Gasteiger partial charge in [0, 0.05) is 5.56 Å². The highest BCUT2D eigenvalue weighted by Gasteiger charge is 1.99. The third-order valence-electron chi connectivity index (χ3n) is 1.59. The lowest BCUT2D eigenvalue weighted by atomic mass is 10.1. The van der Waals surface area contributed by atoms with Crippen molar-refractivity contribution in [3.8, 4) is 0 Å². The zero-order valence-electron chi connectivity index (χ0n) is 6.30. The summed E-state index contributed by atoms with van der Waals surface area (Å²) in [5, 5.41) is 0. The highest BCUT2D eigenvalue weighted by Crippen LogP contribution is 2.09. The third kappa shape index (κ3) is 1.64. The molecule has 58 valence electrons. The Morgan fingerprint density at radius 2 is 2.27 bits per heavy atom. The SMILES string of the molecule is CCc1ccc(C=O)cc1F. The van der Waals surface area contributed by atoms with Gasteiger partial charge in [0.15, 0.2) is 0 Å². The van der Waals surface area contributed by atoms with Gasteiger partial charge in [0.1, 0.15) is 12.1 Å². The lowest BCUT2D eigenvalue weighted by Gasteiger charge is -1.98. The lowest BCUT2D eigenvalue weighted by molar-refractivity contribution is 0.112. The average molecular weight is 152 g/mol. The minimum absolute atomic E-state index is 0.294. The van der Waals surface area contributed by atoms with Crippen LogP contribution in [0.3, 0.4) is 0 Å². The third-order valence-corrected chi connectivity index (χ3v) is 1.59.